The van der Waals surface area contributed by atoms with Gasteiger partial charge in [0.25, 0.3) is 0 Å². The fraction of sp³-hybridized carbons (Fsp3) is 0.412. The van der Waals surface area contributed by atoms with Crippen molar-refractivity contribution in [2.75, 3.05) is 26.2 Å². The molecule has 2 heterocycles. The molecule has 1 aliphatic rings. The average molecular weight is 326 g/mol. The van der Waals surface area contributed by atoms with Crippen LogP contribution in [0, 0.1) is 6.92 Å². The van der Waals surface area contributed by atoms with Gasteiger partial charge in [0, 0.05) is 26.2 Å². The number of tetrazole rings is 1. The van der Waals surface area contributed by atoms with E-state index in [1.807, 2.05) is 36.1 Å². The number of carbonyl (C=O) groups is 1. The van der Waals surface area contributed by atoms with Gasteiger partial charge >= 0.3 is 0 Å². The lowest BCUT2D eigenvalue weighted by Crippen LogP contribution is -2.48. The van der Waals surface area contributed by atoms with Crippen LogP contribution in [0.2, 0.25) is 0 Å². The van der Waals surface area contributed by atoms with Crippen molar-refractivity contribution in [1.29, 1.82) is 0 Å². The van der Waals surface area contributed by atoms with Crippen LogP contribution in [-0.2, 0) is 11.3 Å². The normalized spacial score (nSPS) is 16.0. The predicted octanol–water partition coefficient (Wildman–Crippen LogP) is 1.19. The first-order valence-electron chi connectivity index (χ1n) is 8.15. The van der Waals surface area contributed by atoms with Crippen LogP contribution in [0.15, 0.2) is 36.4 Å². The predicted molar refractivity (Wildman–Crippen MR) is 90.6 cm³/mol. The van der Waals surface area contributed by atoms with Crippen molar-refractivity contribution in [2.24, 2.45) is 0 Å². The van der Waals surface area contributed by atoms with Crippen LogP contribution in [-0.4, -0.2) is 62.1 Å². The molecule has 0 saturated carbocycles. The Hall–Kier alpha value is -2.54. The number of aryl methyl sites for hydroxylation is 1. The van der Waals surface area contributed by atoms with Crippen molar-refractivity contribution < 1.29 is 4.79 Å². The molecule has 2 aromatic rings. The lowest BCUT2D eigenvalue weighted by atomic mass is 10.2. The van der Waals surface area contributed by atoms with Gasteiger partial charge in [-0.3, -0.25) is 9.69 Å². The average Bonchev–Trinajstić information content (AvgIpc) is 3.04. The molecular weight excluding hydrogens is 304 g/mol. The number of carbonyl (C=O) groups excluding carboxylic acids is 1. The van der Waals surface area contributed by atoms with Crippen molar-refractivity contribution >= 4 is 5.91 Å². The molecular formula is C17H22N6O. The molecule has 1 aromatic carbocycles. The lowest BCUT2D eigenvalue weighted by molar-refractivity contribution is -0.127. The molecule has 0 bridgehead atoms. The first kappa shape index (κ1) is 16.3. The third-order valence-corrected chi connectivity index (χ3v) is 4.17. The van der Waals surface area contributed by atoms with E-state index in [0.717, 1.165) is 37.7 Å². The Kier molecular flexibility index (Phi) is 5.00. The zero-order chi connectivity index (χ0) is 16.9. The zero-order valence-electron chi connectivity index (χ0n) is 14.1. The van der Waals surface area contributed by atoms with Gasteiger partial charge in [0.2, 0.25) is 5.91 Å². The lowest BCUT2D eigenvalue weighted by Gasteiger charge is -2.33. The molecule has 0 unspecified atom stereocenters. The summed E-state index contributed by atoms with van der Waals surface area (Å²) in [6, 6.07) is 8.13. The SMILES string of the molecule is CC=CC(=O)N1CCN(Cc2nnnn2-c2ccc(C)cc2)CC1. The fourth-order valence-corrected chi connectivity index (χ4v) is 2.77. The van der Waals surface area contributed by atoms with Crippen molar-refractivity contribution in [3.05, 3.63) is 47.8 Å². The molecule has 1 saturated heterocycles. The number of hydrogen-bond donors (Lipinski definition) is 0. The Morgan fingerprint density at radius 1 is 1.17 bits per heavy atom. The van der Waals surface area contributed by atoms with Gasteiger partial charge in [-0.15, -0.1) is 5.10 Å². The van der Waals surface area contributed by atoms with E-state index < -0.39 is 0 Å². The van der Waals surface area contributed by atoms with Crippen LogP contribution < -0.4 is 0 Å². The maximum atomic E-state index is 11.9. The van der Waals surface area contributed by atoms with Crippen LogP contribution >= 0.6 is 0 Å². The second-order valence-corrected chi connectivity index (χ2v) is 5.94. The summed E-state index contributed by atoms with van der Waals surface area (Å²) >= 11 is 0. The highest BCUT2D eigenvalue weighted by Crippen LogP contribution is 2.12. The first-order chi connectivity index (χ1) is 11.7. The highest BCUT2D eigenvalue weighted by atomic mass is 16.2. The minimum absolute atomic E-state index is 0.0849. The van der Waals surface area contributed by atoms with Crippen molar-refractivity contribution in [3.8, 4) is 5.69 Å². The van der Waals surface area contributed by atoms with Gasteiger partial charge in [-0.1, -0.05) is 23.8 Å². The van der Waals surface area contributed by atoms with E-state index in [2.05, 4.69) is 27.3 Å². The molecule has 0 spiro atoms. The van der Waals surface area contributed by atoms with E-state index >= 15 is 0 Å². The van der Waals surface area contributed by atoms with Crippen molar-refractivity contribution in [2.45, 2.75) is 20.4 Å². The minimum atomic E-state index is 0.0849. The second kappa shape index (κ2) is 7.35. The molecule has 0 N–H and O–H groups in total. The Labute approximate surface area is 141 Å². The molecule has 126 valence electrons. The highest BCUT2D eigenvalue weighted by molar-refractivity contribution is 5.87. The van der Waals surface area contributed by atoms with Gasteiger partial charge in [-0.05, 0) is 42.5 Å². The molecule has 1 fully saturated rings. The topological polar surface area (TPSA) is 67.2 Å². The minimum Gasteiger partial charge on any atom is -0.337 e. The number of aromatic nitrogens is 4. The summed E-state index contributed by atoms with van der Waals surface area (Å²) in [6.45, 7) is 7.70. The maximum absolute atomic E-state index is 11.9. The van der Waals surface area contributed by atoms with Gasteiger partial charge in [0.1, 0.15) is 0 Å². The third kappa shape index (κ3) is 3.68. The standard InChI is InChI=1S/C17H22N6O/c1-3-4-17(24)22-11-9-21(10-12-22)13-16-18-19-20-23(16)15-7-5-14(2)6-8-15/h3-8H,9-13H2,1-2H3. The van der Waals surface area contributed by atoms with Crippen LogP contribution in [0.3, 0.4) is 0 Å². The Balaban J connectivity index is 1.63. The fourth-order valence-electron chi connectivity index (χ4n) is 2.77. The van der Waals surface area contributed by atoms with Gasteiger partial charge in [-0.25, -0.2) is 0 Å². The summed E-state index contributed by atoms with van der Waals surface area (Å²) in [4.78, 5) is 16.0. The summed E-state index contributed by atoms with van der Waals surface area (Å²) in [5, 5.41) is 12.1. The molecule has 1 amide bonds. The van der Waals surface area contributed by atoms with Crippen LogP contribution in [0.5, 0.6) is 0 Å². The summed E-state index contributed by atoms with van der Waals surface area (Å²) < 4.78 is 1.77. The molecule has 7 nitrogen and oxygen atoms in total. The summed E-state index contributed by atoms with van der Waals surface area (Å²) in [5.41, 5.74) is 2.16. The largest absolute Gasteiger partial charge is 0.337 e. The van der Waals surface area contributed by atoms with E-state index in [0.29, 0.717) is 6.54 Å². The number of amides is 1. The van der Waals surface area contributed by atoms with E-state index in [-0.39, 0.29) is 5.91 Å². The smallest absolute Gasteiger partial charge is 0.246 e. The van der Waals surface area contributed by atoms with Gasteiger partial charge in [0.05, 0.1) is 12.2 Å². The van der Waals surface area contributed by atoms with E-state index in [9.17, 15) is 4.79 Å². The monoisotopic (exact) mass is 326 g/mol. The Morgan fingerprint density at radius 2 is 1.88 bits per heavy atom. The number of nitrogens with zero attached hydrogens (tertiary/aromatic N) is 6. The van der Waals surface area contributed by atoms with Crippen LogP contribution in [0.4, 0.5) is 0 Å². The van der Waals surface area contributed by atoms with Gasteiger partial charge in [0.15, 0.2) is 5.82 Å². The molecule has 3 rings (SSSR count). The summed E-state index contributed by atoms with van der Waals surface area (Å²) in [6.07, 6.45) is 3.40. The molecule has 24 heavy (non-hydrogen) atoms. The summed E-state index contributed by atoms with van der Waals surface area (Å²) in [5.74, 6) is 0.897. The quantitative estimate of drug-likeness (QED) is 0.790. The number of allylic oxidation sites excluding steroid dienone is 1. The second-order valence-electron chi connectivity index (χ2n) is 5.94. The number of benzene rings is 1. The van der Waals surface area contributed by atoms with Crippen LogP contribution in [0.25, 0.3) is 5.69 Å². The molecule has 1 aliphatic heterocycles. The summed E-state index contributed by atoms with van der Waals surface area (Å²) in [7, 11) is 0. The molecule has 0 radical (unpaired) electrons. The van der Waals surface area contributed by atoms with E-state index in [1.54, 1.807) is 16.8 Å². The number of hydrogen-bond acceptors (Lipinski definition) is 5. The molecule has 0 aliphatic carbocycles. The van der Waals surface area contributed by atoms with Gasteiger partial charge < -0.3 is 4.90 Å². The number of rotatable bonds is 4. The highest BCUT2D eigenvalue weighted by Gasteiger charge is 2.21. The van der Waals surface area contributed by atoms with Crippen molar-refractivity contribution in [1.82, 2.24) is 30.0 Å². The number of piperazine rings is 1. The van der Waals surface area contributed by atoms with Crippen LogP contribution in [0.1, 0.15) is 18.3 Å². The van der Waals surface area contributed by atoms with E-state index in [1.165, 1.54) is 5.56 Å². The van der Waals surface area contributed by atoms with E-state index in [4.69, 9.17) is 0 Å². The molecule has 1 aromatic heterocycles. The van der Waals surface area contributed by atoms with Gasteiger partial charge in [-0.2, -0.15) is 4.68 Å². The maximum Gasteiger partial charge on any atom is 0.246 e. The molecule has 7 heteroatoms. The zero-order valence-corrected chi connectivity index (χ0v) is 14.1. The third-order valence-electron chi connectivity index (χ3n) is 4.17. The Morgan fingerprint density at radius 3 is 2.54 bits per heavy atom. The first-order valence-corrected chi connectivity index (χ1v) is 8.15. The van der Waals surface area contributed by atoms with Crippen molar-refractivity contribution in [3.63, 3.8) is 0 Å². The Bertz CT molecular complexity index is 713. The molecule has 0 atom stereocenters.